The predicted molar refractivity (Wildman–Crippen MR) is 68.1 cm³/mol. The summed E-state index contributed by atoms with van der Waals surface area (Å²) >= 11 is 0. The SMILES string of the molecule is CCC1CCCN1c1ccc(OC)cc1N. The van der Waals surface area contributed by atoms with Gasteiger partial charge in [-0.05, 0) is 31.4 Å². The van der Waals surface area contributed by atoms with Crippen LogP contribution in [0.1, 0.15) is 26.2 Å². The summed E-state index contributed by atoms with van der Waals surface area (Å²) in [7, 11) is 1.67. The molecule has 1 aromatic carbocycles. The van der Waals surface area contributed by atoms with Crippen LogP contribution in [-0.2, 0) is 0 Å². The van der Waals surface area contributed by atoms with E-state index >= 15 is 0 Å². The Balaban J connectivity index is 2.26. The van der Waals surface area contributed by atoms with E-state index in [2.05, 4.69) is 17.9 Å². The van der Waals surface area contributed by atoms with Crippen LogP contribution in [0.3, 0.4) is 0 Å². The number of methoxy groups -OCH3 is 1. The van der Waals surface area contributed by atoms with Crippen LogP contribution >= 0.6 is 0 Å². The minimum absolute atomic E-state index is 0.649. The molecule has 0 amide bonds. The lowest BCUT2D eigenvalue weighted by atomic mass is 10.1. The van der Waals surface area contributed by atoms with E-state index in [0.717, 1.165) is 23.7 Å². The zero-order valence-corrected chi connectivity index (χ0v) is 10.1. The quantitative estimate of drug-likeness (QED) is 0.796. The molecule has 1 heterocycles. The van der Waals surface area contributed by atoms with Crippen molar-refractivity contribution in [2.75, 3.05) is 24.3 Å². The van der Waals surface area contributed by atoms with Gasteiger partial charge in [-0.1, -0.05) is 6.92 Å². The molecule has 0 spiro atoms. The molecule has 1 aliphatic rings. The van der Waals surface area contributed by atoms with Crippen molar-refractivity contribution in [3.05, 3.63) is 18.2 Å². The lowest BCUT2D eigenvalue weighted by Gasteiger charge is -2.27. The molecule has 88 valence electrons. The Morgan fingerprint density at radius 2 is 2.31 bits per heavy atom. The number of nitrogens with zero attached hydrogens (tertiary/aromatic N) is 1. The summed E-state index contributed by atoms with van der Waals surface area (Å²) in [5.41, 5.74) is 8.05. The third-order valence-electron chi connectivity index (χ3n) is 3.39. The Hall–Kier alpha value is -1.38. The molecule has 0 aliphatic carbocycles. The Bertz CT molecular complexity index is 365. The van der Waals surface area contributed by atoms with Gasteiger partial charge in [-0.15, -0.1) is 0 Å². The molecule has 1 atom stereocenters. The second-order valence-corrected chi connectivity index (χ2v) is 4.32. The van der Waals surface area contributed by atoms with Gasteiger partial charge >= 0.3 is 0 Å². The van der Waals surface area contributed by atoms with Gasteiger partial charge in [-0.2, -0.15) is 0 Å². The highest BCUT2D eigenvalue weighted by Crippen LogP contribution is 2.33. The van der Waals surface area contributed by atoms with Crippen molar-refractivity contribution in [2.24, 2.45) is 0 Å². The maximum Gasteiger partial charge on any atom is 0.121 e. The van der Waals surface area contributed by atoms with Crippen LogP contribution in [0.4, 0.5) is 11.4 Å². The zero-order valence-electron chi connectivity index (χ0n) is 10.1. The molecule has 1 fully saturated rings. The fourth-order valence-corrected chi connectivity index (χ4v) is 2.50. The Morgan fingerprint density at radius 3 is 2.94 bits per heavy atom. The van der Waals surface area contributed by atoms with Crippen molar-refractivity contribution >= 4 is 11.4 Å². The van der Waals surface area contributed by atoms with Crippen molar-refractivity contribution in [3.63, 3.8) is 0 Å². The van der Waals surface area contributed by atoms with Gasteiger partial charge in [0.05, 0.1) is 18.5 Å². The van der Waals surface area contributed by atoms with Gasteiger partial charge in [0.25, 0.3) is 0 Å². The first kappa shape index (κ1) is 11.1. The maximum absolute atomic E-state index is 6.07. The van der Waals surface area contributed by atoms with E-state index in [9.17, 15) is 0 Å². The summed E-state index contributed by atoms with van der Waals surface area (Å²) in [5.74, 6) is 0.827. The molecule has 0 radical (unpaired) electrons. The molecule has 1 aromatic rings. The third-order valence-corrected chi connectivity index (χ3v) is 3.39. The first-order valence-electron chi connectivity index (χ1n) is 5.96. The molecule has 1 unspecified atom stereocenters. The normalized spacial score (nSPS) is 20.1. The average Bonchev–Trinajstić information content (AvgIpc) is 2.76. The van der Waals surface area contributed by atoms with Crippen molar-refractivity contribution < 1.29 is 4.74 Å². The highest BCUT2D eigenvalue weighted by molar-refractivity contribution is 5.70. The number of nitrogen functional groups attached to an aromatic ring is 1. The molecule has 1 aliphatic heterocycles. The lowest BCUT2D eigenvalue weighted by molar-refractivity contribution is 0.415. The van der Waals surface area contributed by atoms with E-state index in [1.165, 1.54) is 19.3 Å². The molecule has 3 heteroatoms. The van der Waals surface area contributed by atoms with Crippen LogP contribution < -0.4 is 15.4 Å². The Morgan fingerprint density at radius 1 is 1.50 bits per heavy atom. The second kappa shape index (κ2) is 4.64. The lowest BCUT2D eigenvalue weighted by Crippen LogP contribution is -2.29. The minimum atomic E-state index is 0.649. The molecule has 1 saturated heterocycles. The summed E-state index contributed by atoms with van der Waals surface area (Å²) in [4.78, 5) is 2.43. The average molecular weight is 220 g/mol. The number of ether oxygens (including phenoxy) is 1. The highest BCUT2D eigenvalue weighted by atomic mass is 16.5. The monoisotopic (exact) mass is 220 g/mol. The maximum atomic E-state index is 6.07. The predicted octanol–water partition coefficient (Wildman–Crippen LogP) is 2.66. The highest BCUT2D eigenvalue weighted by Gasteiger charge is 2.24. The molecular formula is C13H20N2O. The summed E-state index contributed by atoms with van der Waals surface area (Å²) in [5, 5.41) is 0. The standard InChI is InChI=1S/C13H20N2O/c1-3-10-5-4-8-15(10)13-7-6-11(16-2)9-12(13)14/h6-7,9-10H,3-5,8,14H2,1-2H3. The van der Waals surface area contributed by atoms with Crippen LogP contribution in [0.15, 0.2) is 18.2 Å². The molecular weight excluding hydrogens is 200 g/mol. The summed E-state index contributed by atoms with van der Waals surface area (Å²) < 4.78 is 5.17. The Labute approximate surface area is 97.2 Å². The first-order chi connectivity index (χ1) is 7.76. The summed E-state index contributed by atoms with van der Waals surface area (Å²) in [6, 6.07) is 6.61. The van der Waals surface area contributed by atoms with Gasteiger partial charge in [0.2, 0.25) is 0 Å². The third kappa shape index (κ3) is 1.94. The molecule has 0 saturated carbocycles. The molecule has 2 N–H and O–H groups in total. The fraction of sp³-hybridized carbons (Fsp3) is 0.538. The topological polar surface area (TPSA) is 38.5 Å². The van der Waals surface area contributed by atoms with Crippen molar-refractivity contribution in [3.8, 4) is 5.75 Å². The molecule has 2 rings (SSSR count). The molecule has 0 bridgehead atoms. The summed E-state index contributed by atoms with van der Waals surface area (Å²) in [6.07, 6.45) is 3.73. The van der Waals surface area contributed by atoms with E-state index in [0.29, 0.717) is 6.04 Å². The van der Waals surface area contributed by atoms with Crippen molar-refractivity contribution in [2.45, 2.75) is 32.2 Å². The van der Waals surface area contributed by atoms with Gasteiger partial charge in [0.15, 0.2) is 0 Å². The van der Waals surface area contributed by atoms with Gasteiger partial charge in [-0.25, -0.2) is 0 Å². The van der Waals surface area contributed by atoms with Crippen LogP contribution in [0, 0.1) is 0 Å². The number of hydrogen-bond acceptors (Lipinski definition) is 3. The second-order valence-electron chi connectivity index (χ2n) is 4.32. The van der Waals surface area contributed by atoms with Crippen molar-refractivity contribution in [1.29, 1.82) is 0 Å². The number of rotatable bonds is 3. The van der Waals surface area contributed by atoms with Crippen LogP contribution in [-0.4, -0.2) is 19.7 Å². The Kier molecular flexibility index (Phi) is 3.22. The molecule has 0 aromatic heterocycles. The van der Waals surface area contributed by atoms with Crippen molar-refractivity contribution in [1.82, 2.24) is 0 Å². The number of anilines is 2. The van der Waals surface area contributed by atoms with E-state index < -0.39 is 0 Å². The zero-order chi connectivity index (χ0) is 11.5. The largest absolute Gasteiger partial charge is 0.497 e. The van der Waals surface area contributed by atoms with Crippen LogP contribution in [0.25, 0.3) is 0 Å². The van der Waals surface area contributed by atoms with Crippen LogP contribution in [0.5, 0.6) is 5.75 Å². The minimum Gasteiger partial charge on any atom is -0.497 e. The molecule has 16 heavy (non-hydrogen) atoms. The molecule has 3 nitrogen and oxygen atoms in total. The number of hydrogen-bond donors (Lipinski definition) is 1. The van der Waals surface area contributed by atoms with E-state index in [1.54, 1.807) is 7.11 Å². The van der Waals surface area contributed by atoms with Gasteiger partial charge in [0.1, 0.15) is 5.75 Å². The van der Waals surface area contributed by atoms with Gasteiger partial charge in [0, 0.05) is 18.7 Å². The smallest absolute Gasteiger partial charge is 0.121 e. The number of benzene rings is 1. The van der Waals surface area contributed by atoms with E-state index in [4.69, 9.17) is 10.5 Å². The van der Waals surface area contributed by atoms with Gasteiger partial charge in [-0.3, -0.25) is 0 Å². The fourth-order valence-electron chi connectivity index (χ4n) is 2.50. The summed E-state index contributed by atoms with van der Waals surface area (Å²) in [6.45, 7) is 3.36. The number of nitrogens with two attached hydrogens (primary N) is 1. The van der Waals surface area contributed by atoms with E-state index in [1.807, 2.05) is 12.1 Å². The first-order valence-corrected chi connectivity index (χ1v) is 5.96. The van der Waals surface area contributed by atoms with E-state index in [-0.39, 0.29) is 0 Å². The van der Waals surface area contributed by atoms with Gasteiger partial charge < -0.3 is 15.4 Å². The van der Waals surface area contributed by atoms with Crippen LogP contribution in [0.2, 0.25) is 0 Å².